The van der Waals surface area contributed by atoms with Crippen molar-refractivity contribution in [3.05, 3.63) is 22.4 Å². The van der Waals surface area contributed by atoms with E-state index >= 15 is 0 Å². The van der Waals surface area contributed by atoms with Crippen molar-refractivity contribution in [1.82, 2.24) is 0 Å². The molecule has 0 spiro atoms. The Balaban J connectivity index is 2.32. The van der Waals surface area contributed by atoms with E-state index in [1.54, 1.807) is 6.07 Å². The molecular weight excluding hydrogens is 283 g/mol. The lowest BCUT2D eigenvalue weighted by Crippen LogP contribution is -2.33. The number of anilines is 2. The first kappa shape index (κ1) is 12.7. The lowest BCUT2D eigenvalue weighted by molar-refractivity contribution is 0.610. The van der Waals surface area contributed by atoms with Crippen LogP contribution in [0.5, 0.6) is 0 Å². The van der Waals surface area contributed by atoms with Crippen molar-refractivity contribution in [3.8, 4) is 0 Å². The average Bonchev–Trinajstić information content (AvgIpc) is 2.80. The second-order valence-corrected chi connectivity index (χ2v) is 5.40. The van der Waals surface area contributed by atoms with E-state index in [4.69, 9.17) is 5.73 Å². The summed E-state index contributed by atoms with van der Waals surface area (Å²) in [5.74, 6) is -0.297. The van der Waals surface area contributed by atoms with Gasteiger partial charge in [-0.1, -0.05) is 12.8 Å². The molecular formula is C13H18BrFN2. The quantitative estimate of drug-likeness (QED) is 0.857. The molecule has 2 N–H and O–H groups in total. The third-order valence-corrected chi connectivity index (χ3v) is 4.09. The van der Waals surface area contributed by atoms with Crippen LogP contribution in [0.15, 0.2) is 16.6 Å². The van der Waals surface area contributed by atoms with Crippen LogP contribution in [0.2, 0.25) is 0 Å². The first-order chi connectivity index (χ1) is 8.13. The molecule has 2 rings (SSSR count). The highest BCUT2D eigenvalue weighted by Crippen LogP contribution is 2.34. The normalized spacial score (nSPS) is 16.4. The summed E-state index contributed by atoms with van der Waals surface area (Å²) in [6.07, 6.45) is 4.98. The highest BCUT2D eigenvalue weighted by molar-refractivity contribution is 9.10. The summed E-state index contributed by atoms with van der Waals surface area (Å²) in [6.45, 7) is 3.03. The predicted molar refractivity (Wildman–Crippen MR) is 73.8 cm³/mol. The maximum Gasteiger partial charge on any atom is 0.139 e. The summed E-state index contributed by atoms with van der Waals surface area (Å²) < 4.78 is 13.8. The van der Waals surface area contributed by atoms with E-state index in [-0.39, 0.29) is 5.82 Å². The van der Waals surface area contributed by atoms with Crippen LogP contribution in [0.25, 0.3) is 0 Å². The minimum Gasteiger partial charge on any atom is -0.397 e. The molecule has 4 heteroatoms. The van der Waals surface area contributed by atoms with Gasteiger partial charge in [0.25, 0.3) is 0 Å². The summed E-state index contributed by atoms with van der Waals surface area (Å²) in [5, 5.41) is 0. The molecule has 0 aromatic heterocycles. The fraction of sp³-hybridized carbons (Fsp3) is 0.538. The molecule has 17 heavy (non-hydrogen) atoms. The molecule has 0 amide bonds. The number of nitrogens with zero attached hydrogens (tertiary/aromatic N) is 1. The molecule has 0 radical (unpaired) electrons. The van der Waals surface area contributed by atoms with Gasteiger partial charge in [-0.25, -0.2) is 4.39 Å². The van der Waals surface area contributed by atoms with Crippen LogP contribution in [0.3, 0.4) is 0 Å². The Morgan fingerprint density at radius 1 is 1.41 bits per heavy atom. The zero-order valence-electron chi connectivity index (χ0n) is 10.0. The Bertz CT molecular complexity index is 403. The van der Waals surface area contributed by atoms with E-state index in [2.05, 4.69) is 27.8 Å². The number of halogens is 2. The Kier molecular flexibility index (Phi) is 3.92. The van der Waals surface area contributed by atoms with E-state index in [0.29, 0.717) is 16.2 Å². The molecule has 0 saturated heterocycles. The molecule has 0 heterocycles. The summed E-state index contributed by atoms with van der Waals surface area (Å²) >= 11 is 3.23. The van der Waals surface area contributed by atoms with Crippen LogP contribution in [0.4, 0.5) is 15.8 Å². The van der Waals surface area contributed by atoms with Crippen molar-refractivity contribution in [2.24, 2.45) is 0 Å². The smallest absolute Gasteiger partial charge is 0.139 e. The Morgan fingerprint density at radius 2 is 2.06 bits per heavy atom. The van der Waals surface area contributed by atoms with Gasteiger partial charge in [0.15, 0.2) is 0 Å². The monoisotopic (exact) mass is 300 g/mol. The number of hydrogen-bond donors (Lipinski definition) is 1. The van der Waals surface area contributed by atoms with Gasteiger partial charge in [0.05, 0.1) is 15.8 Å². The molecule has 1 aliphatic carbocycles. The van der Waals surface area contributed by atoms with Gasteiger partial charge < -0.3 is 10.6 Å². The van der Waals surface area contributed by atoms with Crippen LogP contribution in [0, 0.1) is 5.82 Å². The van der Waals surface area contributed by atoms with Gasteiger partial charge in [0.2, 0.25) is 0 Å². The maximum absolute atomic E-state index is 13.4. The van der Waals surface area contributed by atoms with Crippen molar-refractivity contribution >= 4 is 27.3 Å². The summed E-state index contributed by atoms with van der Waals surface area (Å²) in [7, 11) is 0. The minimum atomic E-state index is -0.297. The van der Waals surface area contributed by atoms with Gasteiger partial charge in [0.1, 0.15) is 5.82 Å². The topological polar surface area (TPSA) is 29.3 Å². The fourth-order valence-electron chi connectivity index (χ4n) is 2.64. The van der Waals surface area contributed by atoms with E-state index in [0.717, 1.165) is 12.2 Å². The van der Waals surface area contributed by atoms with Crippen molar-refractivity contribution < 1.29 is 4.39 Å². The summed E-state index contributed by atoms with van der Waals surface area (Å²) in [6, 6.07) is 3.75. The maximum atomic E-state index is 13.4. The molecule has 0 aliphatic heterocycles. The lowest BCUT2D eigenvalue weighted by atomic mass is 10.1. The second-order valence-electron chi connectivity index (χ2n) is 4.55. The predicted octanol–water partition coefficient (Wildman–Crippen LogP) is 3.94. The molecule has 94 valence electrons. The Morgan fingerprint density at radius 3 is 2.65 bits per heavy atom. The molecule has 0 bridgehead atoms. The Hall–Kier alpha value is -0.770. The van der Waals surface area contributed by atoms with Gasteiger partial charge in [0, 0.05) is 18.7 Å². The Labute approximate surface area is 110 Å². The van der Waals surface area contributed by atoms with Gasteiger partial charge in [-0.15, -0.1) is 0 Å². The van der Waals surface area contributed by atoms with Gasteiger partial charge >= 0.3 is 0 Å². The van der Waals surface area contributed by atoms with Crippen LogP contribution in [0.1, 0.15) is 32.6 Å². The van der Waals surface area contributed by atoms with Crippen molar-refractivity contribution in [1.29, 1.82) is 0 Å². The highest BCUT2D eigenvalue weighted by Gasteiger charge is 2.23. The molecule has 0 unspecified atom stereocenters. The van der Waals surface area contributed by atoms with Gasteiger partial charge in [-0.05, 0) is 41.8 Å². The average molecular weight is 301 g/mol. The summed E-state index contributed by atoms with van der Waals surface area (Å²) in [5.41, 5.74) is 7.41. The molecule has 1 fully saturated rings. The van der Waals surface area contributed by atoms with Crippen LogP contribution < -0.4 is 10.6 Å². The van der Waals surface area contributed by atoms with Gasteiger partial charge in [-0.3, -0.25) is 0 Å². The van der Waals surface area contributed by atoms with Gasteiger partial charge in [-0.2, -0.15) is 0 Å². The third-order valence-electron chi connectivity index (χ3n) is 3.49. The van der Waals surface area contributed by atoms with E-state index in [9.17, 15) is 4.39 Å². The molecule has 2 nitrogen and oxygen atoms in total. The highest BCUT2D eigenvalue weighted by atomic mass is 79.9. The second kappa shape index (κ2) is 5.25. The molecule has 0 atom stereocenters. The zero-order valence-corrected chi connectivity index (χ0v) is 11.6. The molecule has 1 aliphatic rings. The van der Waals surface area contributed by atoms with E-state index in [1.807, 2.05) is 0 Å². The number of nitrogens with two attached hydrogens (primary N) is 1. The van der Waals surface area contributed by atoms with Crippen LogP contribution in [-0.2, 0) is 0 Å². The van der Waals surface area contributed by atoms with E-state index < -0.39 is 0 Å². The number of rotatable bonds is 3. The molecule has 1 aromatic rings. The standard InChI is InChI=1S/C13H18BrFN2/c1-2-17(9-5-3-4-6-9)13-7-10(14)11(15)8-12(13)16/h7-9H,2-6,16H2,1H3. The van der Waals surface area contributed by atoms with Crippen molar-refractivity contribution in [2.45, 2.75) is 38.6 Å². The number of hydrogen-bond acceptors (Lipinski definition) is 2. The van der Waals surface area contributed by atoms with E-state index in [1.165, 1.54) is 31.7 Å². The number of benzene rings is 1. The first-order valence-electron chi connectivity index (χ1n) is 6.14. The lowest BCUT2D eigenvalue weighted by Gasteiger charge is -2.31. The minimum absolute atomic E-state index is 0.297. The van der Waals surface area contributed by atoms with Crippen LogP contribution >= 0.6 is 15.9 Å². The summed E-state index contributed by atoms with van der Waals surface area (Å²) in [4.78, 5) is 2.30. The fourth-order valence-corrected chi connectivity index (χ4v) is 2.97. The number of nitrogen functional groups attached to an aromatic ring is 1. The molecule has 1 saturated carbocycles. The largest absolute Gasteiger partial charge is 0.397 e. The SMILES string of the molecule is CCN(c1cc(Br)c(F)cc1N)C1CCCC1. The van der Waals surface area contributed by atoms with Crippen molar-refractivity contribution in [2.75, 3.05) is 17.2 Å². The molecule has 1 aromatic carbocycles. The first-order valence-corrected chi connectivity index (χ1v) is 6.94. The third kappa shape index (κ3) is 2.57. The van der Waals surface area contributed by atoms with Crippen LogP contribution in [-0.4, -0.2) is 12.6 Å². The zero-order chi connectivity index (χ0) is 12.4. The van der Waals surface area contributed by atoms with Crippen molar-refractivity contribution in [3.63, 3.8) is 0 Å².